The smallest absolute Gasteiger partial charge is 0.338 e. The first kappa shape index (κ1) is 12.2. The van der Waals surface area contributed by atoms with Crippen LogP contribution in [0.4, 0.5) is 0 Å². The van der Waals surface area contributed by atoms with Crippen LogP contribution < -0.4 is 0 Å². The molecule has 0 heterocycles. The molecule has 86 valence electrons. The largest absolute Gasteiger partial charge is 0.478 e. The Balaban J connectivity index is 2.74. The average molecular weight is 224 g/mol. The number of aliphatic hydroxyl groups excluding tert-OH is 1. The lowest BCUT2D eigenvalue weighted by atomic mass is 10.1. The average Bonchev–Trinajstić information content (AvgIpc) is 2.28. The monoisotopic (exact) mass is 224 g/mol. The first-order chi connectivity index (χ1) is 7.54. The highest BCUT2D eigenvalue weighted by molar-refractivity contribution is 5.92. The number of hydrogen-bond acceptors (Lipinski definition) is 4. The zero-order chi connectivity index (χ0) is 12.1. The molecule has 1 unspecified atom stereocenters. The highest BCUT2D eigenvalue weighted by Gasteiger charge is 2.11. The number of carboxylic acids is 1. The lowest BCUT2D eigenvalue weighted by Crippen LogP contribution is -2.18. The van der Waals surface area contributed by atoms with Gasteiger partial charge < -0.3 is 14.9 Å². The summed E-state index contributed by atoms with van der Waals surface area (Å²) >= 11 is 0. The SMILES string of the molecule is CC(CO)OC(=O)c1ccc(C(=O)O)cc1. The third kappa shape index (κ3) is 3.06. The number of ether oxygens (including phenoxy) is 1. The van der Waals surface area contributed by atoms with Gasteiger partial charge in [0.25, 0.3) is 0 Å². The lowest BCUT2D eigenvalue weighted by Gasteiger charge is -2.09. The molecule has 0 spiro atoms. The van der Waals surface area contributed by atoms with E-state index in [0.29, 0.717) is 0 Å². The molecule has 0 aliphatic heterocycles. The molecule has 0 radical (unpaired) electrons. The van der Waals surface area contributed by atoms with Gasteiger partial charge in [-0.1, -0.05) is 0 Å². The van der Waals surface area contributed by atoms with Crippen molar-refractivity contribution < 1.29 is 24.5 Å². The molecule has 0 amide bonds. The van der Waals surface area contributed by atoms with Gasteiger partial charge in [-0.05, 0) is 31.2 Å². The fourth-order valence-electron chi connectivity index (χ4n) is 1.04. The van der Waals surface area contributed by atoms with Crippen LogP contribution in [-0.4, -0.2) is 34.9 Å². The van der Waals surface area contributed by atoms with E-state index in [1.54, 1.807) is 6.92 Å². The second kappa shape index (κ2) is 5.27. The molecule has 0 aliphatic rings. The summed E-state index contributed by atoms with van der Waals surface area (Å²) in [6.45, 7) is 1.31. The summed E-state index contributed by atoms with van der Waals surface area (Å²) in [5.74, 6) is -1.64. The molecule has 16 heavy (non-hydrogen) atoms. The topological polar surface area (TPSA) is 83.8 Å². The van der Waals surface area contributed by atoms with Crippen molar-refractivity contribution >= 4 is 11.9 Å². The van der Waals surface area contributed by atoms with Gasteiger partial charge in [-0.25, -0.2) is 9.59 Å². The van der Waals surface area contributed by atoms with E-state index >= 15 is 0 Å². The van der Waals surface area contributed by atoms with E-state index in [-0.39, 0.29) is 17.7 Å². The van der Waals surface area contributed by atoms with E-state index in [1.165, 1.54) is 24.3 Å². The fourth-order valence-corrected chi connectivity index (χ4v) is 1.04. The molecule has 0 bridgehead atoms. The van der Waals surface area contributed by atoms with E-state index in [2.05, 4.69) is 0 Å². The maximum atomic E-state index is 11.4. The number of rotatable bonds is 4. The minimum absolute atomic E-state index is 0.103. The van der Waals surface area contributed by atoms with Gasteiger partial charge in [0.1, 0.15) is 6.10 Å². The van der Waals surface area contributed by atoms with Gasteiger partial charge in [0, 0.05) is 0 Å². The van der Waals surface area contributed by atoms with Crippen molar-refractivity contribution in [1.82, 2.24) is 0 Å². The zero-order valence-corrected chi connectivity index (χ0v) is 8.71. The molecule has 1 aromatic carbocycles. The number of benzene rings is 1. The van der Waals surface area contributed by atoms with Gasteiger partial charge in [0.2, 0.25) is 0 Å². The predicted octanol–water partition coefficient (Wildman–Crippen LogP) is 0.922. The normalized spacial score (nSPS) is 11.9. The summed E-state index contributed by atoms with van der Waals surface area (Å²) in [7, 11) is 0. The summed E-state index contributed by atoms with van der Waals surface area (Å²) in [4.78, 5) is 22.0. The molecule has 5 heteroatoms. The molecule has 0 aromatic heterocycles. The number of aromatic carboxylic acids is 1. The summed E-state index contributed by atoms with van der Waals surface area (Å²) in [6.07, 6.45) is -0.577. The Morgan fingerprint density at radius 1 is 1.25 bits per heavy atom. The highest BCUT2D eigenvalue weighted by atomic mass is 16.5. The molecule has 0 saturated carbocycles. The number of carbonyl (C=O) groups excluding carboxylic acids is 1. The van der Waals surface area contributed by atoms with Gasteiger partial charge in [0.15, 0.2) is 0 Å². The van der Waals surface area contributed by atoms with Gasteiger partial charge >= 0.3 is 11.9 Å². The van der Waals surface area contributed by atoms with E-state index in [0.717, 1.165) is 0 Å². The van der Waals surface area contributed by atoms with Crippen molar-refractivity contribution in [2.24, 2.45) is 0 Å². The molecule has 1 atom stereocenters. The van der Waals surface area contributed by atoms with Crippen LogP contribution in [-0.2, 0) is 4.74 Å². The molecule has 0 aliphatic carbocycles. The summed E-state index contributed by atoms with van der Waals surface area (Å²) in [5.41, 5.74) is 0.358. The Bertz CT molecular complexity index is 382. The van der Waals surface area contributed by atoms with Gasteiger partial charge in [-0.15, -0.1) is 0 Å². The number of carboxylic acid groups (broad SMARTS) is 1. The number of aliphatic hydroxyl groups is 1. The Kier molecular flexibility index (Phi) is 4.02. The van der Waals surface area contributed by atoms with Crippen molar-refractivity contribution in [3.05, 3.63) is 35.4 Å². The molecule has 2 N–H and O–H groups in total. The van der Waals surface area contributed by atoms with Crippen LogP contribution >= 0.6 is 0 Å². The van der Waals surface area contributed by atoms with Crippen LogP contribution in [0.25, 0.3) is 0 Å². The Morgan fingerprint density at radius 3 is 2.19 bits per heavy atom. The quantitative estimate of drug-likeness (QED) is 0.743. The summed E-state index contributed by atoms with van der Waals surface area (Å²) in [6, 6.07) is 5.39. The minimum Gasteiger partial charge on any atom is -0.478 e. The third-order valence-electron chi connectivity index (χ3n) is 1.93. The standard InChI is InChI=1S/C11H12O5/c1-7(6-12)16-11(15)9-4-2-8(3-5-9)10(13)14/h2-5,7,12H,6H2,1H3,(H,13,14). The van der Waals surface area contributed by atoms with Crippen LogP contribution in [0.2, 0.25) is 0 Å². The van der Waals surface area contributed by atoms with Gasteiger partial charge in [-0.3, -0.25) is 0 Å². The first-order valence-corrected chi connectivity index (χ1v) is 4.69. The zero-order valence-electron chi connectivity index (χ0n) is 8.71. The number of esters is 1. The lowest BCUT2D eigenvalue weighted by molar-refractivity contribution is 0.0196. The maximum absolute atomic E-state index is 11.4. The van der Waals surface area contributed by atoms with E-state index in [9.17, 15) is 9.59 Å². The van der Waals surface area contributed by atoms with Crippen molar-refractivity contribution in [2.45, 2.75) is 13.0 Å². The van der Waals surface area contributed by atoms with Crippen molar-refractivity contribution in [2.75, 3.05) is 6.61 Å². The number of carbonyl (C=O) groups is 2. The van der Waals surface area contributed by atoms with Crippen molar-refractivity contribution in [3.8, 4) is 0 Å². The fraction of sp³-hybridized carbons (Fsp3) is 0.273. The van der Waals surface area contributed by atoms with E-state index in [1.807, 2.05) is 0 Å². The molecular weight excluding hydrogens is 212 g/mol. The van der Waals surface area contributed by atoms with Crippen LogP contribution in [0, 0.1) is 0 Å². The molecule has 5 nitrogen and oxygen atoms in total. The van der Waals surface area contributed by atoms with Crippen LogP contribution in [0.15, 0.2) is 24.3 Å². The minimum atomic E-state index is -1.05. The second-order valence-corrected chi connectivity index (χ2v) is 3.28. The molecule has 1 aromatic rings. The van der Waals surface area contributed by atoms with E-state index in [4.69, 9.17) is 14.9 Å². The molecular formula is C11H12O5. The van der Waals surface area contributed by atoms with Crippen molar-refractivity contribution in [1.29, 1.82) is 0 Å². The van der Waals surface area contributed by atoms with Gasteiger partial charge in [-0.2, -0.15) is 0 Å². The Labute approximate surface area is 92.3 Å². The second-order valence-electron chi connectivity index (χ2n) is 3.28. The predicted molar refractivity (Wildman–Crippen MR) is 55.4 cm³/mol. The Morgan fingerprint density at radius 2 is 1.75 bits per heavy atom. The van der Waals surface area contributed by atoms with Crippen molar-refractivity contribution in [3.63, 3.8) is 0 Å². The molecule has 0 fully saturated rings. The van der Waals surface area contributed by atoms with Gasteiger partial charge in [0.05, 0.1) is 17.7 Å². The summed E-state index contributed by atoms with van der Waals surface area (Å²) < 4.78 is 4.85. The highest BCUT2D eigenvalue weighted by Crippen LogP contribution is 2.07. The summed E-state index contributed by atoms with van der Waals surface area (Å²) in [5, 5.41) is 17.3. The first-order valence-electron chi connectivity index (χ1n) is 4.69. The third-order valence-corrected chi connectivity index (χ3v) is 1.93. The maximum Gasteiger partial charge on any atom is 0.338 e. The van der Waals surface area contributed by atoms with Crippen LogP contribution in [0.3, 0.4) is 0 Å². The molecule has 0 saturated heterocycles. The van der Waals surface area contributed by atoms with E-state index < -0.39 is 18.0 Å². The van der Waals surface area contributed by atoms with Crippen LogP contribution in [0.5, 0.6) is 0 Å². The number of hydrogen-bond donors (Lipinski definition) is 2. The molecule has 1 rings (SSSR count). The Hall–Kier alpha value is -1.88. The van der Waals surface area contributed by atoms with Crippen LogP contribution in [0.1, 0.15) is 27.6 Å².